The molecule has 0 bridgehead atoms. The summed E-state index contributed by atoms with van der Waals surface area (Å²) in [7, 11) is 1.58. The predicted molar refractivity (Wildman–Crippen MR) is 121 cm³/mol. The van der Waals surface area contributed by atoms with E-state index >= 15 is 0 Å². The summed E-state index contributed by atoms with van der Waals surface area (Å²) in [6, 6.07) is 5.43. The number of nitrogens with one attached hydrogen (secondary N) is 1. The zero-order valence-electron chi connectivity index (χ0n) is 19.0. The van der Waals surface area contributed by atoms with Gasteiger partial charge in [-0.15, -0.1) is 4.91 Å². The van der Waals surface area contributed by atoms with E-state index in [0.29, 0.717) is 24.6 Å². The van der Waals surface area contributed by atoms with E-state index < -0.39 is 0 Å². The van der Waals surface area contributed by atoms with E-state index in [-0.39, 0.29) is 16.7 Å². The topological polar surface area (TPSA) is 104 Å². The van der Waals surface area contributed by atoms with E-state index in [9.17, 15) is 9.70 Å². The average Bonchev–Trinajstić information content (AvgIpc) is 3.24. The second-order valence-electron chi connectivity index (χ2n) is 9.66. The van der Waals surface area contributed by atoms with E-state index in [1.807, 2.05) is 18.2 Å². The minimum atomic E-state index is -0.352. The van der Waals surface area contributed by atoms with Crippen molar-refractivity contribution < 1.29 is 9.32 Å². The summed E-state index contributed by atoms with van der Waals surface area (Å²) in [6.45, 7) is 12.2. The normalized spacial score (nSPS) is 15.9. The zero-order chi connectivity index (χ0) is 22.8. The van der Waals surface area contributed by atoms with Crippen molar-refractivity contribution in [2.75, 3.05) is 37.0 Å². The molecule has 0 atom stereocenters. The second-order valence-corrected chi connectivity index (χ2v) is 9.66. The average molecular weight is 427 g/mol. The van der Waals surface area contributed by atoms with Gasteiger partial charge in [0.25, 0.3) is 5.91 Å². The van der Waals surface area contributed by atoms with Gasteiger partial charge >= 0.3 is 0 Å². The number of hydrogen-bond acceptors (Lipinski definition) is 7. The molecule has 1 aliphatic rings. The van der Waals surface area contributed by atoms with E-state index in [1.54, 1.807) is 18.0 Å². The molecule has 0 aromatic carbocycles. The molecule has 1 N–H and O–H groups in total. The van der Waals surface area contributed by atoms with E-state index in [0.717, 1.165) is 23.5 Å². The van der Waals surface area contributed by atoms with Crippen LogP contribution in [0.15, 0.2) is 40.3 Å². The number of hydrogen-bond donors (Lipinski definition) is 1. The SMILES string of the molecule is CN(N=O)c1nc(C2=CCN(C(=O)c3ccon3)CC2(C)C)ccc1NCC(C)(C)C. The standard InChI is InChI=1S/C22H30N6O3/c1-21(2,3)13-23-17-8-7-16(24-19(17)27(6)26-30)15-9-11-28(14-22(15,4)5)20(29)18-10-12-31-25-18/h7-10,12,23H,11,13-14H2,1-6H3. The Labute approximate surface area is 182 Å². The number of anilines is 2. The molecule has 0 spiro atoms. The lowest BCUT2D eigenvalue weighted by Crippen LogP contribution is -2.43. The first-order valence-electron chi connectivity index (χ1n) is 10.2. The van der Waals surface area contributed by atoms with E-state index in [1.165, 1.54) is 11.3 Å². The van der Waals surface area contributed by atoms with Crippen molar-refractivity contribution in [2.45, 2.75) is 34.6 Å². The molecule has 9 nitrogen and oxygen atoms in total. The number of amides is 1. The second kappa shape index (κ2) is 8.49. The highest BCUT2D eigenvalue weighted by molar-refractivity contribution is 5.93. The third-order valence-corrected chi connectivity index (χ3v) is 5.16. The van der Waals surface area contributed by atoms with Crippen LogP contribution in [0.25, 0.3) is 5.57 Å². The third kappa shape index (κ3) is 5.10. The predicted octanol–water partition coefficient (Wildman–Crippen LogP) is 4.21. The summed E-state index contributed by atoms with van der Waals surface area (Å²) < 4.78 is 4.80. The minimum absolute atomic E-state index is 0.0663. The first-order chi connectivity index (χ1) is 14.5. The Hall–Kier alpha value is -3.23. The molecule has 0 aliphatic carbocycles. The Bertz CT molecular complexity index is 976. The summed E-state index contributed by atoms with van der Waals surface area (Å²) in [5.41, 5.74) is 2.52. The van der Waals surface area contributed by atoms with Crippen LogP contribution in [-0.4, -0.2) is 47.6 Å². The molecule has 0 fully saturated rings. The van der Waals surface area contributed by atoms with Crippen LogP contribution in [0.4, 0.5) is 11.5 Å². The molecule has 1 amide bonds. The van der Waals surface area contributed by atoms with Crippen molar-refractivity contribution in [3.8, 4) is 0 Å². The lowest BCUT2D eigenvalue weighted by molar-refractivity contribution is 0.0714. The molecule has 0 saturated heterocycles. The van der Waals surface area contributed by atoms with Crippen LogP contribution in [0.1, 0.15) is 50.8 Å². The molecule has 31 heavy (non-hydrogen) atoms. The lowest BCUT2D eigenvalue weighted by Gasteiger charge is -2.38. The number of nitroso groups, excluding NO2 is 1. The van der Waals surface area contributed by atoms with Crippen molar-refractivity contribution in [3.05, 3.63) is 46.8 Å². The number of carbonyl (C=O) groups excluding carboxylic acids is 1. The number of aromatic nitrogens is 2. The van der Waals surface area contributed by atoms with Gasteiger partial charge in [0.05, 0.1) is 16.7 Å². The van der Waals surface area contributed by atoms with Gasteiger partial charge in [0.1, 0.15) is 6.26 Å². The first kappa shape index (κ1) is 22.5. The van der Waals surface area contributed by atoms with Gasteiger partial charge in [-0.1, -0.05) is 45.9 Å². The Balaban J connectivity index is 1.90. The van der Waals surface area contributed by atoms with Gasteiger partial charge in [-0.2, -0.15) is 0 Å². The highest BCUT2D eigenvalue weighted by Crippen LogP contribution is 2.39. The van der Waals surface area contributed by atoms with Crippen LogP contribution in [0.2, 0.25) is 0 Å². The quantitative estimate of drug-likeness (QED) is 0.545. The number of rotatable bonds is 6. The van der Waals surface area contributed by atoms with Crippen LogP contribution in [0.3, 0.4) is 0 Å². The van der Waals surface area contributed by atoms with Crippen molar-refractivity contribution in [1.29, 1.82) is 0 Å². The zero-order valence-corrected chi connectivity index (χ0v) is 19.0. The van der Waals surface area contributed by atoms with Crippen LogP contribution in [0.5, 0.6) is 0 Å². The van der Waals surface area contributed by atoms with Crippen LogP contribution < -0.4 is 10.3 Å². The summed E-state index contributed by atoms with van der Waals surface area (Å²) in [5, 5.41) is 11.4. The van der Waals surface area contributed by atoms with Crippen molar-refractivity contribution in [3.63, 3.8) is 0 Å². The monoisotopic (exact) mass is 426 g/mol. The minimum Gasteiger partial charge on any atom is -0.381 e. The fourth-order valence-corrected chi connectivity index (χ4v) is 3.58. The van der Waals surface area contributed by atoms with Gasteiger partial charge in [0.2, 0.25) is 0 Å². The van der Waals surface area contributed by atoms with Gasteiger partial charge in [-0.3, -0.25) is 4.79 Å². The Kier molecular flexibility index (Phi) is 6.15. The highest BCUT2D eigenvalue weighted by atomic mass is 16.5. The number of pyridine rings is 1. The van der Waals surface area contributed by atoms with Gasteiger partial charge < -0.3 is 14.7 Å². The van der Waals surface area contributed by atoms with Crippen molar-refractivity contribution in [2.24, 2.45) is 16.1 Å². The number of carbonyl (C=O) groups is 1. The summed E-state index contributed by atoms with van der Waals surface area (Å²) in [6.07, 6.45) is 3.39. The molecular weight excluding hydrogens is 396 g/mol. The maximum atomic E-state index is 12.7. The molecule has 9 heteroatoms. The molecule has 2 aromatic rings. The largest absolute Gasteiger partial charge is 0.381 e. The first-order valence-corrected chi connectivity index (χ1v) is 10.2. The molecule has 0 radical (unpaired) electrons. The Morgan fingerprint density at radius 3 is 2.65 bits per heavy atom. The molecule has 0 unspecified atom stereocenters. The van der Waals surface area contributed by atoms with Crippen molar-refractivity contribution >= 4 is 23.0 Å². The Morgan fingerprint density at radius 1 is 1.32 bits per heavy atom. The highest BCUT2D eigenvalue weighted by Gasteiger charge is 2.34. The van der Waals surface area contributed by atoms with Gasteiger partial charge in [-0.25, -0.2) is 9.99 Å². The molecule has 0 saturated carbocycles. The molecule has 3 heterocycles. The summed E-state index contributed by atoms with van der Waals surface area (Å²) >= 11 is 0. The van der Waals surface area contributed by atoms with E-state index in [2.05, 4.69) is 50.4 Å². The molecule has 2 aromatic heterocycles. The summed E-state index contributed by atoms with van der Waals surface area (Å²) in [4.78, 5) is 30.4. The maximum Gasteiger partial charge on any atom is 0.276 e. The molecule has 166 valence electrons. The molecular formula is C22H30N6O3. The van der Waals surface area contributed by atoms with Crippen molar-refractivity contribution in [1.82, 2.24) is 15.0 Å². The van der Waals surface area contributed by atoms with Crippen LogP contribution >= 0.6 is 0 Å². The van der Waals surface area contributed by atoms with Gasteiger partial charge in [0.15, 0.2) is 11.5 Å². The van der Waals surface area contributed by atoms with Gasteiger partial charge in [-0.05, 0) is 23.1 Å². The smallest absolute Gasteiger partial charge is 0.276 e. The van der Waals surface area contributed by atoms with Gasteiger partial charge in [0, 0.05) is 38.2 Å². The number of nitrogens with zero attached hydrogens (tertiary/aromatic N) is 5. The molecule has 1 aliphatic heterocycles. The Morgan fingerprint density at radius 2 is 2.06 bits per heavy atom. The molecule has 3 rings (SSSR count). The fraction of sp³-hybridized carbons (Fsp3) is 0.500. The van der Waals surface area contributed by atoms with Crippen LogP contribution in [-0.2, 0) is 0 Å². The third-order valence-electron chi connectivity index (χ3n) is 5.16. The van der Waals surface area contributed by atoms with E-state index in [4.69, 9.17) is 9.51 Å². The fourth-order valence-electron chi connectivity index (χ4n) is 3.58. The van der Waals surface area contributed by atoms with Crippen LogP contribution in [0, 0.1) is 15.7 Å². The summed E-state index contributed by atoms with van der Waals surface area (Å²) in [5.74, 6) is 0.298. The maximum absolute atomic E-state index is 12.7. The lowest BCUT2D eigenvalue weighted by atomic mass is 9.79.